The van der Waals surface area contributed by atoms with E-state index in [2.05, 4.69) is 20.6 Å². The van der Waals surface area contributed by atoms with Crippen LogP contribution in [0.25, 0.3) is 10.9 Å². The fourth-order valence-corrected chi connectivity index (χ4v) is 6.43. The normalized spacial score (nSPS) is 18.6. The summed E-state index contributed by atoms with van der Waals surface area (Å²) in [4.78, 5) is 33.7. The molecule has 6 rings (SSSR count). The Morgan fingerprint density at radius 3 is 2.48 bits per heavy atom. The number of halogens is 1. The minimum atomic E-state index is -0.855. The number of nitrogens with one attached hydrogen (secondary N) is 2. The van der Waals surface area contributed by atoms with Crippen LogP contribution in [0.5, 0.6) is 23.1 Å². The zero-order chi connectivity index (χ0) is 32.2. The van der Waals surface area contributed by atoms with E-state index in [1.807, 2.05) is 30.3 Å². The molecule has 46 heavy (non-hydrogen) atoms. The zero-order valence-corrected chi connectivity index (χ0v) is 25.8. The molecule has 2 aliphatic rings. The second-order valence-electron chi connectivity index (χ2n) is 11.5. The molecular formula is C33H32FN5O6S. The molecule has 2 fully saturated rings. The molecule has 4 aromatic rings. The maximum Gasteiger partial charge on any atom is 0.407 e. The molecule has 2 atom stereocenters. The fraction of sp³-hybridized carbons (Fsp3) is 0.303. The number of carboxylic acid groups (broad SMARTS) is 1. The van der Waals surface area contributed by atoms with Gasteiger partial charge in [0.25, 0.3) is 0 Å². The SMILES string of the molecule is COc1cc2c(Oc3ccc(NC(=S)NC(=O)Cc4ccccc4)cc3F)ncnc2cc1OCC1CC2CN(C(=O)O)CC2C1. The van der Waals surface area contributed by atoms with Crippen molar-refractivity contribution in [1.29, 1.82) is 0 Å². The van der Waals surface area contributed by atoms with Crippen LogP contribution in [0, 0.1) is 23.6 Å². The predicted molar refractivity (Wildman–Crippen MR) is 172 cm³/mol. The molecule has 238 valence electrons. The van der Waals surface area contributed by atoms with Gasteiger partial charge >= 0.3 is 6.09 Å². The number of nitrogens with zero attached hydrogens (tertiary/aromatic N) is 3. The third-order valence-electron chi connectivity index (χ3n) is 8.33. The molecule has 2 heterocycles. The summed E-state index contributed by atoms with van der Waals surface area (Å²) in [7, 11) is 1.53. The number of benzene rings is 3. The van der Waals surface area contributed by atoms with Crippen molar-refractivity contribution in [3.05, 3.63) is 78.4 Å². The highest BCUT2D eigenvalue weighted by atomic mass is 32.1. The van der Waals surface area contributed by atoms with Gasteiger partial charge in [-0.1, -0.05) is 30.3 Å². The van der Waals surface area contributed by atoms with Crippen molar-refractivity contribution < 1.29 is 33.3 Å². The molecule has 11 nitrogen and oxygen atoms in total. The first kappa shape index (κ1) is 31.0. The summed E-state index contributed by atoms with van der Waals surface area (Å²) in [6.07, 6.45) is 2.46. The van der Waals surface area contributed by atoms with Gasteiger partial charge < -0.3 is 34.9 Å². The molecule has 1 saturated carbocycles. The number of ether oxygens (including phenoxy) is 3. The third kappa shape index (κ3) is 7.09. The Morgan fingerprint density at radius 2 is 1.78 bits per heavy atom. The molecule has 0 spiro atoms. The summed E-state index contributed by atoms with van der Waals surface area (Å²) in [5.74, 6) is 1.10. The number of hydrogen-bond donors (Lipinski definition) is 3. The number of anilines is 1. The number of likely N-dealkylation sites (tertiary alicyclic amines) is 1. The summed E-state index contributed by atoms with van der Waals surface area (Å²) < 4.78 is 32.8. The maximum absolute atomic E-state index is 15.1. The highest BCUT2D eigenvalue weighted by Gasteiger charge is 2.42. The van der Waals surface area contributed by atoms with E-state index < -0.39 is 11.9 Å². The summed E-state index contributed by atoms with van der Waals surface area (Å²) in [6, 6.07) is 16.9. The molecular weight excluding hydrogens is 613 g/mol. The summed E-state index contributed by atoms with van der Waals surface area (Å²) in [5, 5.41) is 15.2. The van der Waals surface area contributed by atoms with E-state index in [4.69, 9.17) is 26.4 Å². The smallest absolute Gasteiger partial charge is 0.407 e. The van der Waals surface area contributed by atoms with E-state index in [0.717, 1.165) is 18.4 Å². The lowest BCUT2D eigenvalue weighted by molar-refractivity contribution is -0.119. The van der Waals surface area contributed by atoms with Crippen LogP contribution in [0.4, 0.5) is 14.9 Å². The predicted octanol–water partition coefficient (Wildman–Crippen LogP) is 5.64. The quantitative estimate of drug-likeness (QED) is 0.196. The molecule has 1 aliphatic carbocycles. The molecule has 0 bridgehead atoms. The Hall–Kier alpha value is -5.04. The molecule has 2 unspecified atom stereocenters. The van der Waals surface area contributed by atoms with Gasteiger partial charge in [0.1, 0.15) is 6.33 Å². The van der Waals surface area contributed by atoms with Crippen LogP contribution >= 0.6 is 12.2 Å². The Balaban J connectivity index is 1.08. The van der Waals surface area contributed by atoms with Crippen molar-refractivity contribution in [3.63, 3.8) is 0 Å². The first-order chi connectivity index (χ1) is 22.2. The van der Waals surface area contributed by atoms with Crippen molar-refractivity contribution in [3.8, 4) is 23.1 Å². The topological polar surface area (TPSA) is 135 Å². The number of carbonyl (C=O) groups excluding carboxylic acids is 1. The average molecular weight is 646 g/mol. The van der Waals surface area contributed by atoms with Crippen molar-refractivity contribution >= 4 is 45.9 Å². The summed E-state index contributed by atoms with van der Waals surface area (Å²) in [6.45, 7) is 1.63. The lowest BCUT2D eigenvalue weighted by Gasteiger charge is -2.18. The number of fused-ring (bicyclic) bond motifs is 2. The highest BCUT2D eigenvalue weighted by molar-refractivity contribution is 7.80. The minimum Gasteiger partial charge on any atom is -0.493 e. The number of methoxy groups -OCH3 is 1. The van der Waals surface area contributed by atoms with E-state index in [0.29, 0.717) is 65.5 Å². The van der Waals surface area contributed by atoms with Gasteiger partial charge in [-0.3, -0.25) is 4.79 Å². The van der Waals surface area contributed by atoms with Gasteiger partial charge in [-0.05, 0) is 66.6 Å². The number of amides is 2. The summed E-state index contributed by atoms with van der Waals surface area (Å²) in [5.41, 5.74) is 1.70. The van der Waals surface area contributed by atoms with Gasteiger partial charge in [0, 0.05) is 30.9 Å². The van der Waals surface area contributed by atoms with Gasteiger partial charge in [-0.15, -0.1) is 0 Å². The third-order valence-corrected chi connectivity index (χ3v) is 8.54. The molecule has 3 N–H and O–H groups in total. The van der Waals surface area contributed by atoms with E-state index in [9.17, 15) is 14.7 Å². The van der Waals surface area contributed by atoms with Crippen LogP contribution in [0.1, 0.15) is 18.4 Å². The molecule has 2 amide bonds. The van der Waals surface area contributed by atoms with E-state index in [1.165, 1.54) is 30.5 Å². The van der Waals surface area contributed by atoms with Crippen LogP contribution < -0.4 is 24.8 Å². The van der Waals surface area contributed by atoms with E-state index in [-0.39, 0.29) is 29.1 Å². The Bertz CT molecular complexity index is 1760. The van der Waals surface area contributed by atoms with Crippen LogP contribution in [0.2, 0.25) is 0 Å². The first-order valence-corrected chi connectivity index (χ1v) is 15.2. The standard InChI is InChI=1S/C33H32FN5O6S/c1-43-28-13-24-26(14-29(28)44-17-20-9-21-15-39(33(41)42)16-22(21)10-20)35-18-36-31(24)45-27-8-7-23(12-25(27)34)37-32(46)38-30(40)11-19-5-3-2-4-6-19/h2-8,12-14,18,20-22H,9-11,15-17H2,1H3,(H,41,42)(H2,37,38,40,46). The molecule has 3 aromatic carbocycles. The number of aromatic nitrogens is 2. The largest absolute Gasteiger partial charge is 0.493 e. The lowest BCUT2D eigenvalue weighted by Crippen LogP contribution is -2.35. The van der Waals surface area contributed by atoms with Crippen LogP contribution in [0.15, 0.2) is 67.0 Å². The molecule has 1 aromatic heterocycles. The second kappa shape index (κ2) is 13.5. The van der Waals surface area contributed by atoms with Crippen molar-refractivity contribution in [1.82, 2.24) is 20.2 Å². The average Bonchev–Trinajstić information content (AvgIpc) is 3.61. The summed E-state index contributed by atoms with van der Waals surface area (Å²) >= 11 is 5.22. The number of thiocarbonyl (C=S) groups is 1. The maximum atomic E-state index is 15.1. The lowest BCUT2D eigenvalue weighted by atomic mass is 10.0. The minimum absolute atomic E-state index is 0.0431. The second-order valence-corrected chi connectivity index (χ2v) is 11.9. The van der Waals surface area contributed by atoms with Gasteiger partial charge in [-0.25, -0.2) is 19.2 Å². The zero-order valence-electron chi connectivity index (χ0n) is 24.9. The van der Waals surface area contributed by atoms with Gasteiger partial charge in [-0.2, -0.15) is 0 Å². The van der Waals surface area contributed by atoms with Crippen molar-refractivity contribution in [2.45, 2.75) is 19.3 Å². The molecule has 1 saturated heterocycles. The Morgan fingerprint density at radius 1 is 1.02 bits per heavy atom. The van der Waals surface area contributed by atoms with Crippen LogP contribution in [-0.4, -0.2) is 63.9 Å². The fourth-order valence-electron chi connectivity index (χ4n) is 6.20. The van der Waals surface area contributed by atoms with Gasteiger partial charge in [0.05, 0.1) is 31.0 Å². The molecule has 0 radical (unpaired) electrons. The molecule has 13 heteroatoms. The monoisotopic (exact) mass is 645 g/mol. The van der Waals surface area contributed by atoms with E-state index in [1.54, 1.807) is 18.2 Å². The van der Waals surface area contributed by atoms with Gasteiger partial charge in [0.2, 0.25) is 11.8 Å². The van der Waals surface area contributed by atoms with Crippen molar-refractivity contribution in [2.24, 2.45) is 17.8 Å². The van der Waals surface area contributed by atoms with E-state index >= 15 is 4.39 Å². The number of carbonyl (C=O) groups is 2. The Labute approximate surface area is 269 Å². The number of rotatable bonds is 9. The van der Waals surface area contributed by atoms with Crippen LogP contribution in [-0.2, 0) is 11.2 Å². The first-order valence-electron chi connectivity index (χ1n) is 14.8. The van der Waals surface area contributed by atoms with Crippen LogP contribution in [0.3, 0.4) is 0 Å². The highest BCUT2D eigenvalue weighted by Crippen LogP contribution is 2.43. The molecule has 1 aliphatic heterocycles. The Kier molecular flexibility index (Phi) is 9.11. The van der Waals surface area contributed by atoms with Crippen molar-refractivity contribution in [2.75, 3.05) is 32.1 Å². The van der Waals surface area contributed by atoms with Gasteiger partial charge in [0.15, 0.2) is 28.2 Å². The number of hydrogen-bond acceptors (Lipinski definition) is 8.